The van der Waals surface area contributed by atoms with Crippen LogP contribution in [0.3, 0.4) is 0 Å². The molecule has 1 aromatic carbocycles. The van der Waals surface area contributed by atoms with Gasteiger partial charge in [-0.25, -0.2) is 0 Å². The summed E-state index contributed by atoms with van der Waals surface area (Å²) in [7, 11) is 0. The summed E-state index contributed by atoms with van der Waals surface area (Å²) in [5.41, 5.74) is 6.19. The summed E-state index contributed by atoms with van der Waals surface area (Å²) in [6.07, 6.45) is 0.0976. The standard InChI is InChI=1S/C9H9N3O2/c1-6-11-12-9(13-6)14-8-5-3-2-4-7(8)10/h2-5H,10H2,1H3. The number of hydrogen-bond donors (Lipinski definition) is 1. The summed E-state index contributed by atoms with van der Waals surface area (Å²) in [6, 6.07) is 7.10. The first kappa shape index (κ1) is 8.55. The molecule has 0 saturated carbocycles. The van der Waals surface area contributed by atoms with Gasteiger partial charge in [-0.05, 0) is 12.1 Å². The van der Waals surface area contributed by atoms with Crippen LogP contribution in [0.5, 0.6) is 11.8 Å². The topological polar surface area (TPSA) is 74.2 Å². The maximum Gasteiger partial charge on any atom is 0.420 e. The lowest BCUT2D eigenvalue weighted by Crippen LogP contribution is -1.91. The van der Waals surface area contributed by atoms with Crippen LogP contribution in [0.15, 0.2) is 28.7 Å². The van der Waals surface area contributed by atoms with E-state index in [1.807, 2.05) is 12.1 Å². The minimum Gasteiger partial charge on any atom is -0.408 e. The van der Waals surface area contributed by atoms with Crippen LogP contribution in [-0.2, 0) is 0 Å². The number of nitrogen functional groups attached to an aromatic ring is 1. The highest BCUT2D eigenvalue weighted by Gasteiger charge is 2.06. The number of rotatable bonds is 2. The fourth-order valence-electron chi connectivity index (χ4n) is 0.987. The number of para-hydroxylation sites is 2. The van der Waals surface area contributed by atoms with Crippen LogP contribution < -0.4 is 10.5 Å². The van der Waals surface area contributed by atoms with Gasteiger partial charge in [0.15, 0.2) is 5.75 Å². The minimum absolute atomic E-state index is 0.0976. The molecule has 0 aliphatic heterocycles. The summed E-state index contributed by atoms with van der Waals surface area (Å²) in [5.74, 6) is 0.964. The number of aromatic nitrogens is 2. The number of anilines is 1. The van der Waals surface area contributed by atoms with Gasteiger partial charge in [-0.3, -0.25) is 0 Å². The average molecular weight is 191 g/mol. The molecular weight excluding hydrogens is 182 g/mol. The lowest BCUT2D eigenvalue weighted by Gasteiger charge is -2.02. The number of aryl methyl sites for hydroxylation is 1. The van der Waals surface area contributed by atoms with Crippen molar-refractivity contribution in [3.05, 3.63) is 30.2 Å². The van der Waals surface area contributed by atoms with Crippen molar-refractivity contribution in [1.82, 2.24) is 10.2 Å². The zero-order valence-electron chi connectivity index (χ0n) is 7.60. The Bertz CT molecular complexity index is 439. The Kier molecular flexibility index (Phi) is 2.06. The summed E-state index contributed by atoms with van der Waals surface area (Å²) in [6.45, 7) is 1.69. The van der Waals surface area contributed by atoms with Gasteiger partial charge in [0.2, 0.25) is 5.89 Å². The van der Waals surface area contributed by atoms with Gasteiger partial charge in [-0.2, -0.15) is 0 Å². The van der Waals surface area contributed by atoms with E-state index >= 15 is 0 Å². The molecule has 0 fully saturated rings. The molecule has 0 saturated heterocycles. The summed E-state index contributed by atoms with van der Waals surface area (Å²) in [5, 5.41) is 7.32. The molecule has 14 heavy (non-hydrogen) atoms. The molecule has 0 aliphatic rings. The summed E-state index contributed by atoms with van der Waals surface area (Å²) >= 11 is 0. The van der Waals surface area contributed by atoms with Gasteiger partial charge < -0.3 is 14.9 Å². The lowest BCUT2D eigenvalue weighted by molar-refractivity contribution is 0.324. The van der Waals surface area contributed by atoms with Crippen molar-refractivity contribution in [2.45, 2.75) is 6.92 Å². The molecule has 0 atom stereocenters. The quantitative estimate of drug-likeness (QED) is 0.732. The maximum absolute atomic E-state index is 5.66. The third-order valence-corrected chi connectivity index (χ3v) is 1.62. The number of nitrogens with zero attached hydrogens (tertiary/aromatic N) is 2. The Balaban J connectivity index is 2.23. The molecule has 0 amide bonds. The predicted octanol–water partition coefficient (Wildman–Crippen LogP) is 1.75. The smallest absolute Gasteiger partial charge is 0.408 e. The van der Waals surface area contributed by atoms with E-state index in [-0.39, 0.29) is 6.08 Å². The maximum atomic E-state index is 5.66. The van der Waals surface area contributed by atoms with E-state index in [4.69, 9.17) is 14.9 Å². The van der Waals surface area contributed by atoms with Gasteiger partial charge in [0.25, 0.3) is 0 Å². The Labute approximate surface area is 80.5 Å². The number of benzene rings is 1. The van der Waals surface area contributed by atoms with Crippen LogP contribution in [0.4, 0.5) is 5.69 Å². The molecule has 0 unspecified atom stereocenters. The van der Waals surface area contributed by atoms with Crippen LogP contribution >= 0.6 is 0 Å². The zero-order chi connectivity index (χ0) is 9.97. The van der Waals surface area contributed by atoms with Gasteiger partial charge in [0, 0.05) is 6.92 Å². The number of nitrogens with two attached hydrogens (primary N) is 1. The number of ether oxygens (including phenoxy) is 1. The highest BCUT2D eigenvalue weighted by molar-refractivity contribution is 5.52. The zero-order valence-corrected chi connectivity index (χ0v) is 7.60. The molecule has 72 valence electrons. The van der Waals surface area contributed by atoms with Crippen LogP contribution in [-0.4, -0.2) is 10.2 Å². The molecular formula is C9H9N3O2. The van der Waals surface area contributed by atoms with E-state index in [1.165, 1.54) is 0 Å². The lowest BCUT2D eigenvalue weighted by atomic mass is 10.3. The Morgan fingerprint density at radius 3 is 2.71 bits per heavy atom. The van der Waals surface area contributed by atoms with Crippen molar-refractivity contribution in [3.63, 3.8) is 0 Å². The van der Waals surface area contributed by atoms with Gasteiger partial charge in [0.05, 0.1) is 5.69 Å². The van der Waals surface area contributed by atoms with Gasteiger partial charge >= 0.3 is 6.08 Å². The highest BCUT2D eigenvalue weighted by Crippen LogP contribution is 2.25. The van der Waals surface area contributed by atoms with Crippen LogP contribution in [0.2, 0.25) is 0 Å². The summed E-state index contributed by atoms with van der Waals surface area (Å²) < 4.78 is 10.3. The molecule has 5 nitrogen and oxygen atoms in total. The third-order valence-electron chi connectivity index (χ3n) is 1.62. The van der Waals surface area contributed by atoms with Gasteiger partial charge in [-0.15, -0.1) is 5.10 Å². The van der Waals surface area contributed by atoms with Crippen molar-refractivity contribution in [1.29, 1.82) is 0 Å². The number of hydrogen-bond acceptors (Lipinski definition) is 5. The van der Waals surface area contributed by atoms with Crippen LogP contribution in [0.1, 0.15) is 5.89 Å². The Morgan fingerprint density at radius 2 is 2.07 bits per heavy atom. The molecule has 2 rings (SSSR count). The second-order valence-corrected chi connectivity index (χ2v) is 2.73. The first-order chi connectivity index (χ1) is 6.75. The normalized spacial score (nSPS) is 10.1. The first-order valence-corrected chi connectivity index (χ1v) is 4.08. The van der Waals surface area contributed by atoms with Crippen LogP contribution in [0.25, 0.3) is 0 Å². The monoisotopic (exact) mass is 191 g/mol. The molecule has 1 heterocycles. The van der Waals surface area contributed by atoms with Crippen LogP contribution in [0, 0.1) is 6.92 Å². The van der Waals surface area contributed by atoms with Crippen molar-refractivity contribution in [2.24, 2.45) is 0 Å². The van der Waals surface area contributed by atoms with E-state index in [0.29, 0.717) is 17.3 Å². The Hall–Kier alpha value is -2.04. The molecule has 2 N–H and O–H groups in total. The average Bonchev–Trinajstić information content (AvgIpc) is 2.56. The molecule has 5 heteroatoms. The third kappa shape index (κ3) is 1.66. The minimum atomic E-state index is 0.0976. The van der Waals surface area contributed by atoms with Crippen molar-refractivity contribution < 1.29 is 9.15 Å². The summed E-state index contributed by atoms with van der Waals surface area (Å²) in [4.78, 5) is 0. The van der Waals surface area contributed by atoms with E-state index in [0.717, 1.165) is 0 Å². The van der Waals surface area contributed by atoms with Gasteiger partial charge in [0.1, 0.15) is 0 Å². The molecule has 0 bridgehead atoms. The van der Waals surface area contributed by atoms with Crippen molar-refractivity contribution >= 4 is 5.69 Å². The molecule has 0 radical (unpaired) electrons. The van der Waals surface area contributed by atoms with Gasteiger partial charge in [-0.1, -0.05) is 17.2 Å². The highest BCUT2D eigenvalue weighted by atomic mass is 16.6. The largest absolute Gasteiger partial charge is 0.420 e. The van der Waals surface area contributed by atoms with Crippen molar-refractivity contribution in [3.8, 4) is 11.8 Å². The fraction of sp³-hybridized carbons (Fsp3) is 0.111. The van der Waals surface area contributed by atoms with Crippen molar-refractivity contribution in [2.75, 3.05) is 5.73 Å². The second kappa shape index (κ2) is 3.37. The molecule has 1 aromatic heterocycles. The fourth-order valence-corrected chi connectivity index (χ4v) is 0.987. The molecule has 2 aromatic rings. The predicted molar refractivity (Wildman–Crippen MR) is 50.0 cm³/mol. The first-order valence-electron chi connectivity index (χ1n) is 4.08. The second-order valence-electron chi connectivity index (χ2n) is 2.73. The molecule has 0 aliphatic carbocycles. The SMILES string of the molecule is Cc1nnc(Oc2ccccc2N)o1. The molecule has 0 spiro atoms. The van der Waals surface area contributed by atoms with E-state index in [1.54, 1.807) is 19.1 Å². The van der Waals surface area contributed by atoms with E-state index < -0.39 is 0 Å². The van der Waals surface area contributed by atoms with E-state index in [9.17, 15) is 0 Å². The van der Waals surface area contributed by atoms with E-state index in [2.05, 4.69) is 10.2 Å². The Morgan fingerprint density at radius 1 is 1.29 bits per heavy atom.